The molecule has 1 atom stereocenters. The maximum atomic E-state index is 11.0. The summed E-state index contributed by atoms with van der Waals surface area (Å²) in [5, 5.41) is 12.0. The van der Waals surface area contributed by atoms with Gasteiger partial charge in [-0.25, -0.2) is 0 Å². The van der Waals surface area contributed by atoms with Crippen molar-refractivity contribution in [2.24, 2.45) is 5.41 Å². The van der Waals surface area contributed by atoms with Crippen molar-refractivity contribution in [1.29, 1.82) is 0 Å². The first-order valence-electron chi connectivity index (χ1n) is 4.96. The Bertz CT molecular complexity index is 197. The number of ether oxygens (including phenoxy) is 1. The number of aliphatic hydroxyl groups is 1. The summed E-state index contributed by atoms with van der Waals surface area (Å²) in [4.78, 5) is 10.7. The van der Waals surface area contributed by atoms with E-state index in [4.69, 9.17) is 5.11 Å². The summed E-state index contributed by atoms with van der Waals surface area (Å²) in [6.45, 7) is 5.60. The van der Waals surface area contributed by atoms with Crippen molar-refractivity contribution in [3.63, 3.8) is 0 Å². The van der Waals surface area contributed by atoms with E-state index in [0.29, 0.717) is 6.54 Å². The largest absolute Gasteiger partial charge is 0.468 e. The number of hydrogen-bond acceptors (Lipinski definition) is 4. The van der Waals surface area contributed by atoms with Crippen molar-refractivity contribution >= 4 is 21.9 Å². The zero-order valence-electron chi connectivity index (χ0n) is 9.55. The first kappa shape index (κ1) is 14.9. The zero-order chi connectivity index (χ0) is 11.9. The molecule has 0 rings (SSSR count). The number of rotatable bonds is 7. The molecular formula is C10H20BrNO3. The summed E-state index contributed by atoms with van der Waals surface area (Å²) >= 11 is 3.22. The highest BCUT2D eigenvalue weighted by Crippen LogP contribution is 2.18. The smallest absolute Gasteiger partial charge is 0.320 e. The molecule has 0 aromatic carbocycles. The standard InChI is InChI=1S/C10H20BrNO3/c1-10(2,4-5-13)7-12-6-8(11)9(14)15-3/h8,12-13H,4-7H2,1-3H3. The molecule has 1 unspecified atom stereocenters. The van der Waals surface area contributed by atoms with E-state index in [9.17, 15) is 4.79 Å². The Morgan fingerprint density at radius 2 is 2.20 bits per heavy atom. The Kier molecular flexibility index (Phi) is 7.13. The van der Waals surface area contributed by atoms with Gasteiger partial charge >= 0.3 is 5.97 Å². The second kappa shape index (κ2) is 7.19. The van der Waals surface area contributed by atoms with Crippen LogP contribution in [0.3, 0.4) is 0 Å². The van der Waals surface area contributed by atoms with Crippen LogP contribution >= 0.6 is 15.9 Å². The third-order valence-corrected chi connectivity index (χ3v) is 2.87. The van der Waals surface area contributed by atoms with Crippen molar-refractivity contribution in [2.75, 3.05) is 26.8 Å². The third-order valence-electron chi connectivity index (χ3n) is 2.17. The van der Waals surface area contributed by atoms with E-state index in [1.165, 1.54) is 7.11 Å². The molecule has 0 aliphatic rings. The van der Waals surface area contributed by atoms with Crippen LogP contribution in [0.15, 0.2) is 0 Å². The molecule has 0 aromatic rings. The van der Waals surface area contributed by atoms with E-state index in [0.717, 1.165) is 13.0 Å². The predicted molar refractivity (Wildman–Crippen MR) is 63.1 cm³/mol. The molecule has 0 aliphatic carbocycles. The average Bonchev–Trinajstić information content (AvgIpc) is 2.15. The lowest BCUT2D eigenvalue weighted by molar-refractivity contribution is -0.139. The number of nitrogens with one attached hydrogen (secondary N) is 1. The van der Waals surface area contributed by atoms with E-state index in [1.54, 1.807) is 0 Å². The van der Waals surface area contributed by atoms with Gasteiger partial charge in [0.1, 0.15) is 4.83 Å². The maximum absolute atomic E-state index is 11.0. The zero-order valence-corrected chi connectivity index (χ0v) is 11.1. The van der Waals surface area contributed by atoms with Gasteiger partial charge in [-0.2, -0.15) is 0 Å². The van der Waals surface area contributed by atoms with Gasteiger partial charge in [-0.15, -0.1) is 0 Å². The predicted octanol–water partition coefficient (Wildman–Crippen LogP) is 0.921. The monoisotopic (exact) mass is 281 g/mol. The summed E-state index contributed by atoms with van der Waals surface area (Å²) < 4.78 is 4.58. The quantitative estimate of drug-likeness (QED) is 0.538. The fourth-order valence-corrected chi connectivity index (χ4v) is 1.56. The number of carbonyl (C=O) groups is 1. The van der Waals surface area contributed by atoms with Gasteiger partial charge in [0.05, 0.1) is 7.11 Å². The molecule has 0 amide bonds. The molecule has 90 valence electrons. The van der Waals surface area contributed by atoms with Crippen LogP contribution in [0.4, 0.5) is 0 Å². The summed E-state index contributed by atoms with van der Waals surface area (Å²) in [5.74, 6) is -0.275. The van der Waals surface area contributed by atoms with Gasteiger partial charge in [-0.1, -0.05) is 29.8 Å². The molecule has 0 spiro atoms. The maximum Gasteiger partial charge on any atom is 0.320 e. The molecule has 4 nitrogen and oxygen atoms in total. The molecule has 2 N–H and O–H groups in total. The van der Waals surface area contributed by atoms with Crippen molar-refractivity contribution < 1.29 is 14.6 Å². The average molecular weight is 282 g/mol. The lowest BCUT2D eigenvalue weighted by atomic mass is 9.90. The molecule has 0 saturated heterocycles. The summed E-state index contributed by atoms with van der Waals surface area (Å²) in [6.07, 6.45) is 0.741. The van der Waals surface area contributed by atoms with E-state index in [-0.39, 0.29) is 22.8 Å². The molecule has 0 aliphatic heterocycles. The summed E-state index contributed by atoms with van der Waals surface area (Å²) in [7, 11) is 1.37. The lowest BCUT2D eigenvalue weighted by Gasteiger charge is -2.24. The second-order valence-corrected chi connectivity index (χ2v) is 5.36. The van der Waals surface area contributed by atoms with Gasteiger partial charge in [0.15, 0.2) is 0 Å². The van der Waals surface area contributed by atoms with Crippen LogP contribution in [0.5, 0.6) is 0 Å². The minimum Gasteiger partial charge on any atom is -0.468 e. The first-order chi connectivity index (χ1) is 6.93. The highest BCUT2D eigenvalue weighted by atomic mass is 79.9. The van der Waals surface area contributed by atoms with Crippen LogP contribution in [-0.4, -0.2) is 42.7 Å². The van der Waals surface area contributed by atoms with Crippen LogP contribution in [-0.2, 0) is 9.53 Å². The van der Waals surface area contributed by atoms with Gasteiger partial charge in [0.2, 0.25) is 0 Å². The number of aliphatic hydroxyl groups excluding tert-OH is 1. The summed E-state index contributed by atoms with van der Waals surface area (Å²) in [6, 6.07) is 0. The minimum atomic E-state index is -0.313. The van der Waals surface area contributed by atoms with Gasteiger partial charge in [0.25, 0.3) is 0 Å². The Balaban J connectivity index is 3.73. The van der Waals surface area contributed by atoms with Gasteiger partial charge in [-0.05, 0) is 11.8 Å². The van der Waals surface area contributed by atoms with Crippen molar-refractivity contribution in [3.05, 3.63) is 0 Å². The third kappa shape index (κ3) is 6.87. The van der Waals surface area contributed by atoms with Crippen LogP contribution in [0.25, 0.3) is 0 Å². The van der Waals surface area contributed by atoms with Gasteiger partial charge in [0, 0.05) is 19.7 Å². The molecule has 0 aromatic heterocycles. The lowest BCUT2D eigenvalue weighted by Crippen LogP contribution is -2.36. The number of alkyl halides is 1. The van der Waals surface area contributed by atoms with E-state index in [1.807, 2.05) is 0 Å². The second-order valence-electron chi connectivity index (χ2n) is 4.26. The SMILES string of the molecule is COC(=O)C(Br)CNCC(C)(C)CCO. The molecule has 15 heavy (non-hydrogen) atoms. The molecule has 0 saturated carbocycles. The highest BCUT2D eigenvalue weighted by Gasteiger charge is 2.19. The molecular weight excluding hydrogens is 262 g/mol. The summed E-state index contributed by atoms with van der Waals surface area (Å²) in [5.41, 5.74) is 0.0393. The van der Waals surface area contributed by atoms with E-state index < -0.39 is 0 Å². The topological polar surface area (TPSA) is 58.6 Å². The molecule has 5 heteroatoms. The number of carbonyl (C=O) groups excluding carboxylic acids is 1. The normalized spacial score (nSPS) is 13.7. The van der Waals surface area contributed by atoms with E-state index in [2.05, 4.69) is 39.8 Å². The van der Waals surface area contributed by atoms with Crippen LogP contribution in [0.2, 0.25) is 0 Å². The van der Waals surface area contributed by atoms with Crippen LogP contribution in [0.1, 0.15) is 20.3 Å². The van der Waals surface area contributed by atoms with Gasteiger partial charge < -0.3 is 15.2 Å². The Morgan fingerprint density at radius 3 is 2.67 bits per heavy atom. The fourth-order valence-electron chi connectivity index (χ4n) is 1.14. The van der Waals surface area contributed by atoms with Gasteiger partial charge in [-0.3, -0.25) is 4.79 Å². The minimum absolute atomic E-state index is 0.0393. The Morgan fingerprint density at radius 1 is 1.60 bits per heavy atom. The first-order valence-corrected chi connectivity index (χ1v) is 5.88. The highest BCUT2D eigenvalue weighted by molar-refractivity contribution is 9.10. The van der Waals surface area contributed by atoms with Crippen molar-refractivity contribution in [2.45, 2.75) is 25.1 Å². The van der Waals surface area contributed by atoms with Crippen LogP contribution < -0.4 is 5.32 Å². The van der Waals surface area contributed by atoms with Crippen molar-refractivity contribution in [1.82, 2.24) is 5.32 Å². The number of hydrogen-bond donors (Lipinski definition) is 2. The molecule has 0 bridgehead atoms. The van der Waals surface area contributed by atoms with Crippen LogP contribution in [0, 0.1) is 5.41 Å². The van der Waals surface area contributed by atoms with E-state index >= 15 is 0 Å². The molecule has 0 radical (unpaired) electrons. The van der Waals surface area contributed by atoms with Crippen molar-refractivity contribution in [3.8, 4) is 0 Å². The molecule has 0 fully saturated rings. The Hall–Kier alpha value is -0.130. The number of halogens is 1. The molecule has 0 heterocycles. The number of esters is 1. The number of methoxy groups -OCH3 is 1. The Labute approximate surface area is 99.5 Å². The fraction of sp³-hybridized carbons (Fsp3) is 0.900.